The number of amides is 1. The average Bonchev–Trinajstić information content (AvgIpc) is 2.85. The molecule has 6 heteroatoms. The number of ether oxygens (including phenoxy) is 1. The summed E-state index contributed by atoms with van der Waals surface area (Å²) in [6.07, 6.45) is 0. The van der Waals surface area contributed by atoms with Crippen molar-refractivity contribution in [2.45, 2.75) is 13.0 Å². The van der Waals surface area contributed by atoms with E-state index in [0.29, 0.717) is 11.3 Å². The molecular formula is C27H29N3O3. The van der Waals surface area contributed by atoms with Crippen LogP contribution in [0.15, 0.2) is 78.9 Å². The highest BCUT2D eigenvalue weighted by atomic mass is 16.5. The number of carbonyl (C=O) groups excluding carboxylic acids is 2. The van der Waals surface area contributed by atoms with E-state index in [9.17, 15) is 9.59 Å². The summed E-state index contributed by atoms with van der Waals surface area (Å²) in [5.41, 5.74) is 3.22. The van der Waals surface area contributed by atoms with Crippen LogP contribution in [-0.2, 0) is 4.79 Å². The summed E-state index contributed by atoms with van der Waals surface area (Å²) >= 11 is 0. The minimum Gasteiger partial charge on any atom is -0.495 e. The van der Waals surface area contributed by atoms with Gasteiger partial charge in [-0.25, -0.2) is 0 Å². The lowest BCUT2D eigenvalue weighted by atomic mass is 10.0. The van der Waals surface area contributed by atoms with Gasteiger partial charge in [0.15, 0.2) is 5.78 Å². The van der Waals surface area contributed by atoms with Crippen molar-refractivity contribution in [2.75, 3.05) is 43.5 Å². The minimum atomic E-state index is -0.424. The number of carbonyl (C=O) groups is 2. The Kier molecular flexibility index (Phi) is 7.05. The summed E-state index contributed by atoms with van der Waals surface area (Å²) in [5.74, 6) is 0.722. The molecule has 1 unspecified atom stereocenters. The maximum atomic E-state index is 13.5. The van der Waals surface area contributed by atoms with Crippen LogP contribution in [0.25, 0.3) is 0 Å². The third kappa shape index (κ3) is 5.23. The van der Waals surface area contributed by atoms with Gasteiger partial charge in [0, 0.05) is 37.4 Å². The van der Waals surface area contributed by atoms with E-state index in [1.165, 1.54) is 6.92 Å². The van der Waals surface area contributed by atoms with E-state index in [1.807, 2.05) is 54.6 Å². The largest absolute Gasteiger partial charge is 0.495 e. The number of nitrogens with zero attached hydrogens (tertiary/aromatic N) is 2. The van der Waals surface area contributed by atoms with Gasteiger partial charge in [-0.3, -0.25) is 14.5 Å². The highest BCUT2D eigenvalue weighted by Gasteiger charge is 2.31. The number of hydrogen-bond acceptors (Lipinski definition) is 5. The molecule has 6 nitrogen and oxygen atoms in total. The highest BCUT2D eigenvalue weighted by Crippen LogP contribution is 2.30. The molecule has 1 N–H and O–H groups in total. The van der Waals surface area contributed by atoms with Crippen LogP contribution in [0.3, 0.4) is 0 Å². The van der Waals surface area contributed by atoms with E-state index in [-0.39, 0.29) is 11.7 Å². The number of piperazine rings is 1. The smallest absolute Gasteiger partial charge is 0.246 e. The second-order valence-corrected chi connectivity index (χ2v) is 8.13. The fraction of sp³-hybridized carbons (Fsp3) is 0.259. The van der Waals surface area contributed by atoms with Crippen LogP contribution in [0.5, 0.6) is 5.75 Å². The van der Waals surface area contributed by atoms with Crippen molar-refractivity contribution in [1.29, 1.82) is 0 Å². The van der Waals surface area contributed by atoms with Gasteiger partial charge in [-0.1, -0.05) is 54.6 Å². The van der Waals surface area contributed by atoms with Crippen molar-refractivity contribution in [3.8, 4) is 5.75 Å². The normalized spacial score (nSPS) is 15.0. The maximum Gasteiger partial charge on any atom is 0.246 e. The van der Waals surface area contributed by atoms with Gasteiger partial charge in [0.25, 0.3) is 0 Å². The lowest BCUT2D eigenvalue weighted by Crippen LogP contribution is -2.50. The van der Waals surface area contributed by atoms with E-state index < -0.39 is 6.04 Å². The molecule has 1 atom stereocenters. The zero-order valence-electron chi connectivity index (χ0n) is 19.0. The second kappa shape index (κ2) is 10.3. The molecule has 33 heavy (non-hydrogen) atoms. The van der Waals surface area contributed by atoms with Gasteiger partial charge < -0.3 is 15.0 Å². The number of methoxy groups -OCH3 is 1. The van der Waals surface area contributed by atoms with Gasteiger partial charge in [-0.2, -0.15) is 0 Å². The van der Waals surface area contributed by atoms with Gasteiger partial charge in [0.2, 0.25) is 5.91 Å². The molecular weight excluding hydrogens is 414 g/mol. The molecule has 1 aliphatic heterocycles. The zero-order chi connectivity index (χ0) is 23.2. The van der Waals surface area contributed by atoms with Crippen molar-refractivity contribution >= 4 is 23.1 Å². The standard InChI is InChI=1S/C27H29N3O3/c1-20(31)22-11-8-12-23(19-22)28-27(32)26(21-9-4-3-5-10-21)30-17-15-29(16-18-30)24-13-6-7-14-25(24)33-2/h3-14,19,26H,15-18H2,1-2H3,(H,28,32). The molecule has 170 valence electrons. The molecule has 1 saturated heterocycles. The van der Waals surface area contributed by atoms with Gasteiger partial charge in [0.05, 0.1) is 12.8 Å². The van der Waals surface area contributed by atoms with Crippen LogP contribution in [0.4, 0.5) is 11.4 Å². The molecule has 1 fully saturated rings. The summed E-state index contributed by atoms with van der Waals surface area (Å²) in [6, 6.07) is 24.5. The molecule has 1 amide bonds. The Morgan fingerprint density at radius 3 is 2.27 bits per heavy atom. The molecule has 0 aliphatic carbocycles. The zero-order valence-corrected chi connectivity index (χ0v) is 19.0. The van der Waals surface area contributed by atoms with Crippen LogP contribution >= 0.6 is 0 Å². The summed E-state index contributed by atoms with van der Waals surface area (Å²) in [6.45, 7) is 4.57. The Morgan fingerprint density at radius 2 is 1.58 bits per heavy atom. The molecule has 0 radical (unpaired) electrons. The van der Waals surface area contributed by atoms with E-state index in [1.54, 1.807) is 25.3 Å². The predicted molar refractivity (Wildman–Crippen MR) is 131 cm³/mol. The first kappa shape index (κ1) is 22.6. The topological polar surface area (TPSA) is 61.9 Å². The van der Waals surface area contributed by atoms with E-state index in [4.69, 9.17) is 4.74 Å². The van der Waals surface area contributed by atoms with Gasteiger partial charge in [-0.15, -0.1) is 0 Å². The number of Topliss-reactive ketones (excluding diaryl/α,β-unsaturated/α-hetero) is 1. The van der Waals surface area contributed by atoms with Gasteiger partial charge in [-0.05, 0) is 36.8 Å². The highest BCUT2D eigenvalue weighted by molar-refractivity contribution is 5.98. The molecule has 1 heterocycles. The summed E-state index contributed by atoms with van der Waals surface area (Å²) in [5, 5.41) is 3.03. The second-order valence-electron chi connectivity index (χ2n) is 8.13. The summed E-state index contributed by atoms with van der Waals surface area (Å²) in [7, 11) is 1.69. The molecule has 0 aromatic heterocycles. The number of hydrogen-bond donors (Lipinski definition) is 1. The number of rotatable bonds is 7. The molecule has 0 spiro atoms. The van der Waals surface area contributed by atoms with Crippen molar-refractivity contribution in [1.82, 2.24) is 4.90 Å². The molecule has 3 aromatic carbocycles. The number of para-hydroxylation sites is 2. The Balaban J connectivity index is 1.53. The van der Waals surface area contributed by atoms with Crippen molar-refractivity contribution in [3.05, 3.63) is 90.0 Å². The Hall–Kier alpha value is -3.64. The number of nitrogens with one attached hydrogen (secondary N) is 1. The van der Waals surface area contributed by atoms with Gasteiger partial charge in [0.1, 0.15) is 11.8 Å². The third-order valence-electron chi connectivity index (χ3n) is 6.01. The summed E-state index contributed by atoms with van der Waals surface area (Å²) < 4.78 is 5.53. The quantitative estimate of drug-likeness (QED) is 0.549. The number of benzene rings is 3. The van der Waals surface area contributed by atoms with Crippen LogP contribution < -0.4 is 15.0 Å². The van der Waals surface area contributed by atoms with Crippen LogP contribution in [0, 0.1) is 0 Å². The van der Waals surface area contributed by atoms with Crippen LogP contribution in [-0.4, -0.2) is 49.9 Å². The molecule has 4 rings (SSSR count). The van der Waals surface area contributed by atoms with Crippen LogP contribution in [0.1, 0.15) is 28.9 Å². The first-order valence-corrected chi connectivity index (χ1v) is 11.2. The lowest BCUT2D eigenvalue weighted by Gasteiger charge is -2.40. The van der Waals surface area contributed by atoms with Crippen LogP contribution in [0.2, 0.25) is 0 Å². The summed E-state index contributed by atoms with van der Waals surface area (Å²) in [4.78, 5) is 29.7. The van der Waals surface area contributed by atoms with Gasteiger partial charge >= 0.3 is 0 Å². The lowest BCUT2D eigenvalue weighted by molar-refractivity contribution is -0.121. The molecule has 3 aromatic rings. The number of ketones is 1. The fourth-order valence-electron chi connectivity index (χ4n) is 4.30. The third-order valence-corrected chi connectivity index (χ3v) is 6.01. The maximum absolute atomic E-state index is 13.5. The monoisotopic (exact) mass is 443 g/mol. The Labute approximate surface area is 194 Å². The molecule has 0 bridgehead atoms. The minimum absolute atomic E-state index is 0.0295. The Bertz CT molecular complexity index is 1110. The Morgan fingerprint density at radius 1 is 0.879 bits per heavy atom. The SMILES string of the molecule is COc1ccccc1N1CCN(C(C(=O)Nc2cccc(C(C)=O)c2)c2ccccc2)CC1. The van der Waals surface area contributed by atoms with E-state index >= 15 is 0 Å². The van der Waals surface area contributed by atoms with Crippen molar-refractivity contribution in [3.63, 3.8) is 0 Å². The number of anilines is 2. The first-order chi connectivity index (χ1) is 16.1. The van der Waals surface area contributed by atoms with Crippen molar-refractivity contribution < 1.29 is 14.3 Å². The van der Waals surface area contributed by atoms with Crippen molar-refractivity contribution in [2.24, 2.45) is 0 Å². The van der Waals surface area contributed by atoms with E-state index in [2.05, 4.69) is 21.2 Å². The first-order valence-electron chi connectivity index (χ1n) is 11.2. The molecule has 1 aliphatic rings. The predicted octanol–water partition coefficient (Wildman–Crippen LogP) is 4.40. The fourth-order valence-corrected chi connectivity index (χ4v) is 4.30. The van der Waals surface area contributed by atoms with E-state index in [0.717, 1.165) is 43.2 Å². The average molecular weight is 444 g/mol. The molecule has 0 saturated carbocycles.